The van der Waals surface area contributed by atoms with Gasteiger partial charge in [0, 0.05) is 19.0 Å². The molecule has 18 heavy (non-hydrogen) atoms. The van der Waals surface area contributed by atoms with Gasteiger partial charge in [0.2, 0.25) is 0 Å². The van der Waals surface area contributed by atoms with Crippen molar-refractivity contribution in [3.05, 3.63) is 17.6 Å². The molecule has 0 aliphatic heterocycles. The lowest BCUT2D eigenvalue weighted by Gasteiger charge is -2.27. The third-order valence-electron chi connectivity index (χ3n) is 2.89. The van der Waals surface area contributed by atoms with Gasteiger partial charge in [-0.25, -0.2) is 4.98 Å². The number of aliphatic carboxylic acids is 1. The smallest absolute Gasteiger partial charge is 0.303 e. The summed E-state index contributed by atoms with van der Waals surface area (Å²) in [6.07, 6.45) is 2.55. The largest absolute Gasteiger partial charge is 0.481 e. The third kappa shape index (κ3) is 3.98. The first kappa shape index (κ1) is 14.4. The molecule has 1 N–H and O–H groups in total. The van der Waals surface area contributed by atoms with Crippen LogP contribution >= 0.6 is 0 Å². The SMILES string of the molecule is Cc1ncc(N(CCCC(=O)O)C(C)C)nc1C. The summed E-state index contributed by atoms with van der Waals surface area (Å²) >= 11 is 0. The van der Waals surface area contributed by atoms with Crippen molar-refractivity contribution in [1.29, 1.82) is 0 Å². The maximum atomic E-state index is 10.5. The lowest BCUT2D eigenvalue weighted by molar-refractivity contribution is -0.137. The fraction of sp³-hybridized carbons (Fsp3) is 0.615. The standard InChI is InChI=1S/C13H21N3O2/c1-9(2)16(7-5-6-13(17)18)12-8-14-10(3)11(4)15-12/h8-9H,5-7H2,1-4H3,(H,17,18). The summed E-state index contributed by atoms with van der Waals surface area (Å²) in [5.41, 5.74) is 1.84. The van der Waals surface area contributed by atoms with E-state index in [0.717, 1.165) is 17.2 Å². The summed E-state index contributed by atoms with van der Waals surface area (Å²) < 4.78 is 0. The Morgan fingerprint density at radius 3 is 2.56 bits per heavy atom. The van der Waals surface area contributed by atoms with E-state index in [1.807, 2.05) is 13.8 Å². The number of aromatic nitrogens is 2. The highest BCUT2D eigenvalue weighted by Gasteiger charge is 2.13. The molecule has 100 valence electrons. The van der Waals surface area contributed by atoms with E-state index in [0.29, 0.717) is 13.0 Å². The Morgan fingerprint density at radius 2 is 2.06 bits per heavy atom. The van der Waals surface area contributed by atoms with Crippen LogP contribution in [0.5, 0.6) is 0 Å². The monoisotopic (exact) mass is 251 g/mol. The van der Waals surface area contributed by atoms with Gasteiger partial charge in [0.15, 0.2) is 0 Å². The first-order chi connectivity index (χ1) is 8.41. The van der Waals surface area contributed by atoms with E-state index in [1.54, 1.807) is 6.20 Å². The second kappa shape index (κ2) is 6.33. The predicted molar refractivity (Wildman–Crippen MR) is 70.9 cm³/mol. The van der Waals surface area contributed by atoms with Crippen molar-refractivity contribution in [2.45, 2.75) is 46.6 Å². The lowest BCUT2D eigenvalue weighted by Crippen LogP contribution is -2.33. The van der Waals surface area contributed by atoms with Crippen LogP contribution in [0.15, 0.2) is 6.20 Å². The van der Waals surface area contributed by atoms with Crippen LogP contribution in [0.4, 0.5) is 5.82 Å². The van der Waals surface area contributed by atoms with E-state index in [9.17, 15) is 4.79 Å². The van der Waals surface area contributed by atoms with Crippen LogP contribution in [0.2, 0.25) is 0 Å². The molecular formula is C13H21N3O2. The molecule has 5 nitrogen and oxygen atoms in total. The number of anilines is 1. The molecule has 0 radical (unpaired) electrons. The van der Waals surface area contributed by atoms with E-state index < -0.39 is 5.97 Å². The van der Waals surface area contributed by atoms with Gasteiger partial charge in [-0.1, -0.05) is 0 Å². The Hall–Kier alpha value is -1.65. The van der Waals surface area contributed by atoms with Gasteiger partial charge in [-0.2, -0.15) is 0 Å². The Bertz CT molecular complexity index is 419. The first-order valence-corrected chi connectivity index (χ1v) is 6.20. The van der Waals surface area contributed by atoms with Gasteiger partial charge < -0.3 is 10.0 Å². The number of nitrogens with zero attached hydrogens (tertiary/aromatic N) is 3. The van der Waals surface area contributed by atoms with Crippen LogP contribution in [-0.4, -0.2) is 33.6 Å². The quantitative estimate of drug-likeness (QED) is 0.839. The van der Waals surface area contributed by atoms with Crippen LogP contribution in [0.1, 0.15) is 38.1 Å². The average molecular weight is 251 g/mol. The minimum absolute atomic E-state index is 0.182. The van der Waals surface area contributed by atoms with Gasteiger partial charge in [0.05, 0.1) is 17.6 Å². The molecular weight excluding hydrogens is 230 g/mol. The van der Waals surface area contributed by atoms with Crippen LogP contribution in [0.25, 0.3) is 0 Å². The number of aryl methyl sites for hydroxylation is 2. The maximum Gasteiger partial charge on any atom is 0.303 e. The molecule has 0 unspecified atom stereocenters. The number of carboxylic acid groups (broad SMARTS) is 1. The minimum atomic E-state index is -0.759. The van der Waals surface area contributed by atoms with Gasteiger partial charge in [0.1, 0.15) is 5.82 Å². The first-order valence-electron chi connectivity index (χ1n) is 6.20. The average Bonchev–Trinajstić information content (AvgIpc) is 2.27. The molecule has 1 heterocycles. The Balaban J connectivity index is 2.77. The van der Waals surface area contributed by atoms with Crippen molar-refractivity contribution in [2.75, 3.05) is 11.4 Å². The number of carbonyl (C=O) groups is 1. The summed E-state index contributed by atoms with van der Waals surface area (Å²) in [4.78, 5) is 21.4. The van der Waals surface area contributed by atoms with Crippen molar-refractivity contribution in [2.24, 2.45) is 0 Å². The van der Waals surface area contributed by atoms with Gasteiger partial charge in [-0.05, 0) is 34.1 Å². The molecule has 0 aliphatic carbocycles. The molecule has 0 aromatic carbocycles. The highest BCUT2D eigenvalue weighted by atomic mass is 16.4. The molecule has 1 aromatic rings. The van der Waals surface area contributed by atoms with E-state index >= 15 is 0 Å². The second-order valence-corrected chi connectivity index (χ2v) is 4.68. The second-order valence-electron chi connectivity index (χ2n) is 4.68. The summed E-state index contributed by atoms with van der Waals surface area (Å²) in [7, 11) is 0. The molecule has 0 spiro atoms. The van der Waals surface area contributed by atoms with Gasteiger partial charge >= 0.3 is 5.97 Å². The van der Waals surface area contributed by atoms with Crippen LogP contribution in [0, 0.1) is 13.8 Å². The molecule has 1 aromatic heterocycles. The van der Waals surface area contributed by atoms with Crippen molar-refractivity contribution < 1.29 is 9.90 Å². The summed E-state index contributed by atoms with van der Waals surface area (Å²) in [6, 6.07) is 0.273. The van der Waals surface area contributed by atoms with Crippen molar-refractivity contribution in [1.82, 2.24) is 9.97 Å². The van der Waals surface area contributed by atoms with E-state index in [4.69, 9.17) is 5.11 Å². The Morgan fingerprint density at radius 1 is 1.39 bits per heavy atom. The van der Waals surface area contributed by atoms with Crippen molar-refractivity contribution in [3.8, 4) is 0 Å². The van der Waals surface area contributed by atoms with Crippen molar-refractivity contribution in [3.63, 3.8) is 0 Å². The summed E-state index contributed by atoms with van der Waals surface area (Å²) in [5.74, 6) is 0.0587. The Labute approximate surface area is 108 Å². The van der Waals surface area contributed by atoms with Crippen LogP contribution in [-0.2, 0) is 4.79 Å². The predicted octanol–water partition coefficient (Wildman–Crippen LogP) is 2.17. The topological polar surface area (TPSA) is 66.3 Å². The van der Waals surface area contributed by atoms with Gasteiger partial charge in [-0.15, -0.1) is 0 Å². The molecule has 0 bridgehead atoms. The van der Waals surface area contributed by atoms with Gasteiger partial charge in [-0.3, -0.25) is 9.78 Å². The zero-order valence-corrected chi connectivity index (χ0v) is 11.5. The third-order valence-corrected chi connectivity index (χ3v) is 2.89. The van der Waals surface area contributed by atoms with Gasteiger partial charge in [0.25, 0.3) is 0 Å². The van der Waals surface area contributed by atoms with E-state index in [1.165, 1.54) is 0 Å². The molecule has 0 fully saturated rings. The number of rotatable bonds is 6. The lowest BCUT2D eigenvalue weighted by atomic mass is 10.2. The molecule has 0 amide bonds. The van der Waals surface area contributed by atoms with Crippen molar-refractivity contribution >= 4 is 11.8 Å². The fourth-order valence-corrected chi connectivity index (χ4v) is 1.71. The summed E-state index contributed by atoms with van der Waals surface area (Å²) in [5, 5.41) is 8.67. The molecule has 0 saturated heterocycles. The number of carboxylic acids is 1. The van der Waals surface area contributed by atoms with E-state index in [2.05, 4.69) is 28.7 Å². The zero-order valence-electron chi connectivity index (χ0n) is 11.5. The van der Waals surface area contributed by atoms with Crippen LogP contribution in [0.3, 0.4) is 0 Å². The zero-order chi connectivity index (χ0) is 13.7. The highest BCUT2D eigenvalue weighted by molar-refractivity contribution is 5.66. The van der Waals surface area contributed by atoms with Crippen LogP contribution < -0.4 is 4.90 Å². The molecule has 5 heteroatoms. The number of hydrogen-bond donors (Lipinski definition) is 1. The molecule has 0 atom stereocenters. The fourth-order valence-electron chi connectivity index (χ4n) is 1.71. The summed E-state index contributed by atoms with van der Waals surface area (Å²) in [6.45, 7) is 8.67. The maximum absolute atomic E-state index is 10.5. The minimum Gasteiger partial charge on any atom is -0.481 e. The molecule has 0 saturated carbocycles. The van der Waals surface area contributed by atoms with E-state index in [-0.39, 0.29) is 12.5 Å². The molecule has 1 rings (SSSR count). The number of hydrogen-bond acceptors (Lipinski definition) is 4. The normalized spacial score (nSPS) is 10.7. The molecule has 0 aliphatic rings. The highest BCUT2D eigenvalue weighted by Crippen LogP contribution is 2.15. The Kier molecular flexibility index (Phi) is 5.07.